The average molecular weight is 338 g/mol. The number of carbonyl (C=O) groups is 1. The van der Waals surface area contributed by atoms with E-state index in [1.165, 1.54) is 0 Å². The molecule has 1 saturated heterocycles. The lowest BCUT2D eigenvalue weighted by Crippen LogP contribution is -2.41. The zero-order chi connectivity index (χ0) is 17.8. The molecule has 1 aliphatic heterocycles. The average Bonchev–Trinajstić information content (AvgIpc) is 3.35. The van der Waals surface area contributed by atoms with Gasteiger partial charge in [0, 0.05) is 12.1 Å². The van der Waals surface area contributed by atoms with Crippen LogP contribution in [0.15, 0.2) is 30.5 Å². The van der Waals surface area contributed by atoms with Gasteiger partial charge in [0.25, 0.3) is 0 Å². The first kappa shape index (κ1) is 16.5. The van der Waals surface area contributed by atoms with Gasteiger partial charge in [0.2, 0.25) is 5.91 Å². The highest BCUT2D eigenvalue weighted by Crippen LogP contribution is 2.36. The summed E-state index contributed by atoms with van der Waals surface area (Å²) in [6.07, 6.45) is 3.75. The number of carbonyl (C=O) groups excluding carboxylic acids is 1. The van der Waals surface area contributed by atoms with E-state index in [0.717, 1.165) is 29.1 Å². The molecule has 2 aliphatic rings. The third-order valence-electron chi connectivity index (χ3n) is 5.47. The van der Waals surface area contributed by atoms with Gasteiger partial charge in [-0.15, -0.1) is 0 Å². The lowest BCUT2D eigenvalue weighted by molar-refractivity contribution is -0.117. The summed E-state index contributed by atoms with van der Waals surface area (Å²) in [5, 5.41) is 4.91. The first-order valence-electron chi connectivity index (χ1n) is 8.81. The fourth-order valence-corrected chi connectivity index (χ4v) is 2.93. The topological polar surface area (TPSA) is 60.5 Å². The first-order valence-corrected chi connectivity index (χ1v) is 8.81. The van der Waals surface area contributed by atoms with Crippen LogP contribution in [0.25, 0.3) is 10.8 Å². The molecular weight excluding hydrogens is 315 g/mol. The molecule has 0 atom stereocenters. The Morgan fingerprint density at radius 2 is 1.80 bits per heavy atom. The number of pyridine rings is 1. The van der Waals surface area contributed by atoms with Crippen LogP contribution in [0.1, 0.15) is 40.5 Å². The normalized spacial score (nSPS) is 21.5. The van der Waals surface area contributed by atoms with Crippen LogP contribution < -0.4 is 10.8 Å². The van der Waals surface area contributed by atoms with Gasteiger partial charge in [-0.2, -0.15) is 0 Å². The Balaban J connectivity index is 1.58. The molecule has 2 aromatic rings. The van der Waals surface area contributed by atoms with E-state index >= 15 is 0 Å². The summed E-state index contributed by atoms with van der Waals surface area (Å²) >= 11 is 0. The van der Waals surface area contributed by atoms with Crippen LogP contribution in [0.5, 0.6) is 0 Å². The molecule has 25 heavy (non-hydrogen) atoms. The van der Waals surface area contributed by atoms with Crippen molar-refractivity contribution < 1.29 is 14.1 Å². The van der Waals surface area contributed by atoms with Gasteiger partial charge in [0.1, 0.15) is 5.82 Å². The third-order valence-corrected chi connectivity index (χ3v) is 5.47. The van der Waals surface area contributed by atoms with Crippen LogP contribution in [0.3, 0.4) is 0 Å². The van der Waals surface area contributed by atoms with Crippen molar-refractivity contribution >= 4 is 35.1 Å². The van der Waals surface area contributed by atoms with Gasteiger partial charge in [0.15, 0.2) is 0 Å². The molecule has 2 heterocycles. The molecule has 1 amide bonds. The number of benzene rings is 1. The summed E-state index contributed by atoms with van der Waals surface area (Å²) < 4.78 is 12.2. The van der Waals surface area contributed by atoms with Gasteiger partial charge < -0.3 is 14.6 Å². The number of fused-ring (bicyclic) bond motifs is 1. The quantitative estimate of drug-likeness (QED) is 0.875. The summed E-state index contributed by atoms with van der Waals surface area (Å²) in [6, 6.07) is 7.97. The Labute approximate surface area is 148 Å². The summed E-state index contributed by atoms with van der Waals surface area (Å²) in [6.45, 7) is 8.18. The summed E-state index contributed by atoms with van der Waals surface area (Å²) in [5.41, 5.74) is 0.256. The minimum atomic E-state index is -0.386. The van der Waals surface area contributed by atoms with E-state index < -0.39 is 0 Å². The van der Waals surface area contributed by atoms with Gasteiger partial charge in [-0.3, -0.25) is 4.79 Å². The lowest BCUT2D eigenvalue weighted by Gasteiger charge is -2.32. The van der Waals surface area contributed by atoms with E-state index in [1.807, 2.05) is 52.0 Å². The summed E-state index contributed by atoms with van der Waals surface area (Å²) in [5.74, 6) is 0.844. The second-order valence-corrected chi connectivity index (χ2v) is 8.03. The Morgan fingerprint density at radius 1 is 1.12 bits per heavy atom. The van der Waals surface area contributed by atoms with E-state index in [4.69, 9.17) is 9.31 Å². The minimum Gasteiger partial charge on any atom is -0.399 e. The molecule has 0 unspecified atom stereocenters. The zero-order valence-electron chi connectivity index (χ0n) is 15.1. The van der Waals surface area contributed by atoms with E-state index in [9.17, 15) is 4.79 Å². The van der Waals surface area contributed by atoms with Crippen LogP contribution in [0.2, 0.25) is 0 Å². The van der Waals surface area contributed by atoms with E-state index in [2.05, 4.69) is 10.3 Å². The number of hydrogen-bond acceptors (Lipinski definition) is 4. The predicted molar refractivity (Wildman–Crippen MR) is 98.8 cm³/mol. The van der Waals surface area contributed by atoms with Crippen molar-refractivity contribution in [2.45, 2.75) is 51.7 Å². The van der Waals surface area contributed by atoms with Gasteiger partial charge >= 0.3 is 7.12 Å². The molecule has 5 nitrogen and oxygen atoms in total. The van der Waals surface area contributed by atoms with Gasteiger partial charge in [-0.05, 0) is 62.8 Å². The number of nitrogens with zero attached hydrogens (tertiary/aromatic N) is 1. The van der Waals surface area contributed by atoms with Crippen LogP contribution in [0.4, 0.5) is 5.82 Å². The Kier molecular flexibility index (Phi) is 3.67. The zero-order valence-corrected chi connectivity index (χ0v) is 15.1. The Bertz CT molecular complexity index is 830. The molecule has 2 fully saturated rings. The van der Waals surface area contributed by atoms with Crippen molar-refractivity contribution in [2.24, 2.45) is 5.92 Å². The molecule has 0 radical (unpaired) electrons. The van der Waals surface area contributed by atoms with Crippen molar-refractivity contribution in [3.8, 4) is 0 Å². The molecule has 1 N–H and O–H groups in total. The van der Waals surface area contributed by atoms with Crippen molar-refractivity contribution in [3.63, 3.8) is 0 Å². The second kappa shape index (κ2) is 5.54. The molecular formula is C19H23BN2O3. The Morgan fingerprint density at radius 3 is 2.44 bits per heavy atom. The fourth-order valence-electron chi connectivity index (χ4n) is 2.93. The molecule has 4 rings (SSSR count). The summed E-state index contributed by atoms with van der Waals surface area (Å²) in [4.78, 5) is 16.2. The maximum Gasteiger partial charge on any atom is 0.494 e. The highest BCUT2D eigenvalue weighted by molar-refractivity contribution is 6.62. The van der Waals surface area contributed by atoms with Gasteiger partial charge in [0.05, 0.1) is 11.2 Å². The number of hydrogen-bond donors (Lipinski definition) is 1. The highest BCUT2D eigenvalue weighted by Gasteiger charge is 2.51. The standard InChI is InChI=1S/C19H23BN2O3/c1-18(2)19(3,4)25-20(24-18)15-8-7-13-10-16(21-11-14(13)9-15)22-17(23)12-5-6-12/h7-12H,5-6H2,1-4H3,(H,21,22,23). The maximum atomic E-state index is 11.9. The number of amides is 1. The third kappa shape index (κ3) is 3.05. The van der Waals surface area contributed by atoms with E-state index in [1.54, 1.807) is 6.20 Å². The molecule has 130 valence electrons. The first-order chi connectivity index (χ1) is 11.7. The van der Waals surface area contributed by atoms with Crippen LogP contribution in [-0.2, 0) is 14.1 Å². The van der Waals surface area contributed by atoms with Crippen LogP contribution in [0, 0.1) is 5.92 Å². The van der Waals surface area contributed by atoms with Crippen molar-refractivity contribution in [2.75, 3.05) is 5.32 Å². The largest absolute Gasteiger partial charge is 0.494 e. The number of rotatable bonds is 3. The second-order valence-electron chi connectivity index (χ2n) is 8.03. The molecule has 1 aromatic heterocycles. The molecule has 6 heteroatoms. The van der Waals surface area contributed by atoms with Crippen LogP contribution >= 0.6 is 0 Å². The van der Waals surface area contributed by atoms with Crippen LogP contribution in [-0.4, -0.2) is 29.2 Å². The van der Waals surface area contributed by atoms with Gasteiger partial charge in [-0.25, -0.2) is 4.98 Å². The number of aromatic nitrogens is 1. The number of anilines is 1. The minimum absolute atomic E-state index is 0.0701. The summed E-state index contributed by atoms with van der Waals surface area (Å²) in [7, 11) is -0.386. The fraction of sp³-hybridized carbons (Fsp3) is 0.474. The molecule has 1 aromatic carbocycles. The van der Waals surface area contributed by atoms with Gasteiger partial charge in [-0.1, -0.05) is 18.2 Å². The number of nitrogens with one attached hydrogen (secondary N) is 1. The van der Waals surface area contributed by atoms with Crippen molar-refractivity contribution in [3.05, 3.63) is 30.5 Å². The lowest BCUT2D eigenvalue weighted by atomic mass is 9.78. The molecule has 0 spiro atoms. The molecule has 0 bridgehead atoms. The molecule has 1 saturated carbocycles. The SMILES string of the molecule is CC1(C)OB(c2ccc3cc(NC(=O)C4CC4)ncc3c2)OC1(C)C. The maximum absolute atomic E-state index is 11.9. The monoisotopic (exact) mass is 338 g/mol. The van der Waals surface area contributed by atoms with Crippen molar-refractivity contribution in [1.82, 2.24) is 4.98 Å². The molecule has 1 aliphatic carbocycles. The van der Waals surface area contributed by atoms with Crippen molar-refractivity contribution in [1.29, 1.82) is 0 Å². The van der Waals surface area contributed by atoms with E-state index in [0.29, 0.717) is 5.82 Å². The Hall–Kier alpha value is -1.92. The van der Waals surface area contributed by atoms with E-state index in [-0.39, 0.29) is 30.1 Å². The predicted octanol–water partition coefficient (Wildman–Crippen LogP) is 2.88. The smallest absolute Gasteiger partial charge is 0.399 e. The highest BCUT2D eigenvalue weighted by atomic mass is 16.7.